The Balaban J connectivity index is 1.61. The Morgan fingerprint density at radius 3 is 2.55 bits per heavy atom. The summed E-state index contributed by atoms with van der Waals surface area (Å²) in [6.07, 6.45) is 1.47. The van der Waals surface area contributed by atoms with Crippen molar-refractivity contribution in [2.75, 3.05) is 12.4 Å². The molecule has 1 aromatic heterocycles. The highest BCUT2D eigenvalue weighted by Gasteiger charge is 2.16. The molecule has 0 spiro atoms. The van der Waals surface area contributed by atoms with Crippen LogP contribution in [0, 0.1) is 0 Å². The van der Waals surface area contributed by atoms with Crippen LogP contribution in [0.4, 0.5) is 5.69 Å². The molecule has 0 unspecified atom stereocenters. The minimum atomic E-state index is -3.71. The van der Waals surface area contributed by atoms with E-state index < -0.39 is 15.9 Å². The molecule has 3 aromatic rings. The molecule has 3 N–H and O–H groups in total. The van der Waals surface area contributed by atoms with E-state index in [2.05, 4.69) is 31.3 Å². The first-order valence-electron chi connectivity index (χ1n) is 8.86. The van der Waals surface area contributed by atoms with Gasteiger partial charge in [-0.15, -0.1) is 0 Å². The van der Waals surface area contributed by atoms with E-state index in [0.29, 0.717) is 22.8 Å². The van der Waals surface area contributed by atoms with E-state index in [4.69, 9.17) is 21.4 Å². The van der Waals surface area contributed by atoms with Crippen molar-refractivity contribution in [3.05, 3.63) is 76.7 Å². The quantitative estimate of drug-likeness (QED) is 0.405. The van der Waals surface area contributed by atoms with E-state index >= 15 is 0 Å². The van der Waals surface area contributed by atoms with Crippen molar-refractivity contribution in [2.24, 2.45) is 0 Å². The Labute approximate surface area is 193 Å². The number of nitrogens with one attached hydrogen (secondary N) is 3. The fourth-order valence-corrected chi connectivity index (χ4v) is 4.14. The fraction of sp³-hybridized carbons (Fsp3) is 0.100. The maximum atomic E-state index is 12.5. The molecule has 0 saturated carbocycles. The van der Waals surface area contributed by atoms with Crippen LogP contribution in [0.25, 0.3) is 0 Å². The summed E-state index contributed by atoms with van der Waals surface area (Å²) >= 11 is 8.50. The molecular weight excluding hydrogens is 506 g/mol. The van der Waals surface area contributed by atoms with Gasteiger partial charge in [-0.05, 0) is 66.8 Å². The highest BCUT2D eigenvalue weighted by atomic mass is 79.9. The standard InChI is InChI=1S/C20H18BrN3O5S2/c1-28-18-9-4-13(21)11-17(18)19(25)24-20(30)23-14-5-7-16(8-6-14)31(26,27)22-12-15-3-2-10-29-15/h2-11,22H,12H2,1H3,(H2,23,24,25,30). The minimum absolute atomic E-state index is 0.0461. The summed E-state index contributed by atoms with van der Waals surface area (Å²) in [5, 5.41) is 5.47. The molecule has 0 aliphatic heterocycles. The Morgan fingerprint density at radius 1 is 1.16 bits per heavy atom. The molecule has 0 aliphatic rings. The lowest BCUT2D eigenvalue weighted by Gasteiger charge is -2.12. The zero-order valence-electron chi connectivity index (χ0n) is 16.2. The molecule has 2 aromatic carbocycles. The predicted molar refractivity (Wildman–Crippen MR) is 124 cm³/mol. The molecule has 8 nitrogen and oxygen atoms in total. The second kappa shape index (κ2) is 10.1. The number of sulfonamides is 1. The summed E-state index contributed by atoms with van der Waals surface area (Å²) in [5.74, 6) is 0.460. The number of hydrogen-bond acceptors (Lipinski definition) is 6. The van der Waals surface area contributed by atoms with Crippen molar-refractivity contribution in [3.63, 3.8) is 0 Å². The van der Waals surface area contributed by atoms with Crippen LogP contribution in [0.1, 0.15) is 16.1 Å². The molecule has 31 heavy (non-hydrogen) atoms. The van der Waals surface area contributed by atoms with Gasteiger partial charge in [0.2, 0.25) is 10.0 Å². The number of hydrogen-bond donors (Lipinski definition) is 3. The van der Waals surface area contributed by atoms with Crippen molar-refractivity contribution < 1.29 is 22.4 Å². The van der Waals surface area contributed by atoms with E-state index in [1.54, 1.807) is 42.5 Å². The number of anilines is 1. The first-order chi connectivity index (χ1) is 14.8. The van der Waals surface area contributed by atoms with E-state index in [1.165, 1.54) is 25.5 Å². The van der Waals surface area contributed by atoms with Crippen LogP contribution in [0.15, 0.2) is 74.6 Å². The van der Waals surface area contributed by atoms with Crippen LogP contribution < -0.4 is 20.1 Å². The van der Waals surface area contributed by atoms with E-state index in [-0.39, 0.29) is 16.6 Å². The Morgan fingerprint density at radius 2 is 1.90 bits per heavy atom. The highest BCUT2D eigenvalue weighted by Crippen LogP contribution is 2.23. The molecule has 3 rings (SSSR count). The van der Waals surface area contributed by atoms with Crippen molar-refractivity contribution in [1.29, 1.82) is 0 Å². The van der Waals surface area contributed by atoms with Gasteiger partial charge in [-0.2, -0.15) is 0 Å². The third kappa shape index (κ3) is 6.14. The smallest absolute Gasteiger partial charge is 0.261 e. The summed E-state index contributed by atoms with van der Waals surface area (Å²) in [6.45, 7) is 0.0461. The number of carbonyl (C=O) groups excluding carboxylic acids is 1. The molecule has 0 atom stereocenters. The first-order valence-corrected chi connectivity index (χ1v) is 11.5. The number of halogens is 1. The summed E-state index contributed by atoms with van der Waals surface area (Å²) in [6, 6.07) is 14.3. The molecule has 1 amide bonds. The van der Waals surface area contributed by atoms with Gasteiger partial charge in [0.05, 0.1) is 30.4 Å². The number of carbonyl (C=O) groups is 1. The normalized spacial score (nSPS) is 11.0. The monoisotopic (exact) mass is 523 g/mol. The van der Waals surface area contributed by atoms with Crippen LogP contribution in [0.2, 0.25) is 0 Å². The van der Waals surface area contributed by atoms with Crippen molar-refractivity contribution in [2.45, 2.75) is 11.4 Å². The average molecular weight is 524 g/mol. The number of furan rings is 1. The van der Waals surface area contributed by atoms with Gasteiger partial charge < -0.3 is 14.5 Å². The molecule has 1 heterocycles. The van der Waals surface area contributed by atoms with Crippen molar-refractivity contribution in [3.8, 4) is 5.75 Å². The van der Waals surface area contributed by atoms with Crippen LogP contribution in [-0.2, 0) is 16.6 Å². The van der Waals surface area contributed by atoms with E-state index in [1.807, 2.05) is 0 Å². The molecule has 162 valence electrons. The maximum Gasteiger partial charge on any atom is 0.261 e. The second-order valence-corrected chi connectivity index (χ2v) is 9.27. The lowest BCUT2D eigenvalue weighted by Crippen LogP contribution is -2.34. The van der Waals surface area contributed by atoms with Gasteiger partial charge in [0.25, 0.3) is 5.91 Å². The predicted octanol–water partition coefficient (Wildman–Crippen LogP) is 3.66. The molecule has 0 radical (unpaired) electrons. The molecular formula is C20H18BrN3O5S2. The topological polar surface area (TPSA) is 110 Å². The SMILES string of the molecule is COc1ccc(Br)cc1C(=O)NC(=S)Nc1ccc(S(=O)(=O)NCc2ccco2)cc1. The van der Waals surface area contributed by atoms with Crippen LogP contribution in [0.3, 0.4) is 0 Å². The molecule has 0 fully saturated rings. The third-order valence-electron chi connectivity index (χ3n) is 4.07. The number of thiocarbonyl (C=S) groups is 1. The number of amides is 1. The Hall–Kier alpha value is -2.73. The lowest BCUT2D eigenvalue weighted by molar-refractivity contribution is 0.0974. The number of benzene rings is 2. The fourth-order valence-electron chi connectivity index (χ4n) is 2.57. The van der Waals surface area contributed by atoms with Crippen LogP contribution in [-0.4, -0.2) is 26.5 Å². The van der Waals surface area contributed by atoms with Gasteiger partial charge in [0.15, 0.2) is 5.11 Å². The van der Waals surface area contributed by atoms with E-state index in [9.17, 15) is 13.2 Å². The summed E-state index contributed by atoms with van der Waals surface area (Å²) < 4.78 is 38.2. The first kappa shape index (κ1) is 22.9. The van der Waals surface area contributed by atoms with E-state index in [0.717, 1.165) is 4.47 Å². The summed E-state index contributed by atoms with van der Waals surface area (Å²) in [4.78, 5) is 12.6. The second-order valence-electron chi connectivity index (χ2n) is 6.18. The molecule has 0 saturated heterocycles. The van der Waals surface area contributed by atoms with Crippen molar-refractivity contribution >= 4 is 54.9 Å². The molecule has 11 heteroatoms. The minimum Gasteiger partial charge on any atom is -0.496 e. The Bertz CT molecular complexity index is 1180. The molecule has 0 aliphatic carbocycles. The lowest BCUT2D eigenvalue weighted by atomic mass is 10.2. The van der Waals surface area contributed by atoms with Crippen LogP contribution >= 0.6 is 28.1 Å². The number of ether oxygens (including phenoxy) is 1. The summed E-state index contributed by atoms with van der Waals surface area (Å²) in [5.41, 5.74) is 0.821. The number of methoxy groups -OCH3 is 1. The summed E-state index contributed by atoms with van der Waals surface area (Å²) in [7, 11) is -2.24. The van der Waals surface area contributed by atoms with Gasteiger partial charge >= 0.3 is 0 Å². The van der Waals surface area contributed by atoms with Gasteiger partial charge in [-0.3, -0.25) is 10.1 Å². The van der Waals surface area contributed by atoms with Crippen LogP contribution in [0.5, 0.6) is 5.75 Å². The highest BCUT2D eigenvalue weighted by molar-refractivity contribution is 9.10. The van der Waals surface area contributed by atoms with Gasteiger partial charge in [-0.1, -0.05) is 15.9 Å². The number of rotatable bonds is 7. The average Bonchev–Trinajstić information content (AvgIpc) is 3.26. The van der Waals surface area contributed by atoms with Crippen molar-refractivity contribution in [1.82, 2.24) is 10.0 Å². The zero-order chi connectivity index (χ0) is 22.4. The Kier molecular flexibility index (Phi) is 7.44. The largest absolute Gasteiger partial charge is 0.496 e. The zero-order valence-corrected chi connectivity index (χ0v) is 19.4. The van der Waals surface area contributed by atoms with Gasteiger partial charge in [0, 0.05) is 10.2 Å². The van der Waals surface area contributed by atoms with Gasteiger partial charge in [0.1, 0.15) is 11.5 Å². The maximum absolute atomic E-state index is 12.5. The van der Waals surface area contributed by atoms with Gasteiger partial charge in [-0.25, -0.2) is 13.1 Å². The third-order valence-corrected chi connectivity index (χ3v) is 6.19. The molecule has 0 bridgehead atoms.